The van der Waals surface area contributed by atoms with Crippen LogP contribution in [0.3, 0.4) is 0 Å². The first kappa shape index (κ1) is 21.2. The maximum atomic E-state index is 14.6. The fourth-order valence-electron chi connectivity index (χ4n) is 3.32. The zero-order valence-corrected chi connectivity index (χ0v) is 17.7. The molecule has 0 unspecified atom stereocenters. The second-order valence-electron chi connectivity index (χ2n) is 6.90. The molecule has 0 radical (unpaired) electrons. The summed E-state index contributed by atoms with van der Waals surface area (Å²) in [4.78, 5) is 5.19. The van der Waals surface area contributed by atoms with E-state index in [9.17, 15) is 17.2 Å². The third kappa shape index (κ3) is 4.73. The van der Waals surface area contributed by atoms with Gasteiger partial charge in [-0.1, -0.05) is 11.6 Å². The van der Waals surface area contributed by atoms with Crippen LogP contribution in [-0.4, -0.2) is 50.7 Å². The Bertz CT molecular complexity index is 925. The molecule has 1 fully saturated rings. The Morgan fingerprint density at radius 3 is 2.71 bits per heavy atom. The van der Waals surface area contributed by atoms with Gasteiger partial charge in [-0.15, -0.1) is 11.3 Å². The molecule has 11 heteroatoms. The summed E-state index contributed by atoms with van der Waals surface area (Å²) in [5.41, 5.74) is 0.279. The van der Waals surface area contributed by atoms with Crippen molar-refractivity contribution < 1.29 is 17.2 Å². The van der Waals surface area contributed by atoms with Gasteiger partial charge < -0.3 is 10.2 Å². The average Bonchev–Trinajstić information content (AvgIpc) is 3.11. The number of anilines is 2. The molecule has 3 atom stereocenters. The number of thiazole rings is 1. The van der Waals surface area contributed by atoms with Crippen LogP contribution in [0.1, 0.15) is 19.3 Å². The second kappa shape index (κ2) is 8.48. The largest absolute Gasteiger partial charge is 0.379 e. The number of nitrogens with zero attached hydrogens (tertiary/aromatic N) is 2. The molecule has 1 aliphatic rings. The van der Waals surface area contributed by atoms with Crippen molar-refractivity contribution in [1.29, 1.82) is 0 Å². The lowest BCUT2D eigenvalue weighted by molar-refractivity contribution is 0.139. The highest BCUT2D eigenvalue weighted by molar-refractivity contribution is 7.93. The number of sulfonamides is 1. The van der Waals surface area contributed by atoms with Crippen LogP contribution in [-0.2, 0) is 10.0 Å². The van der Waals surface area contributed by atoms with E-state index in [1.165, 1.54) is 6.20 Å². The van der Waals surface area contributed by atoms with Crippen LogP contribution < -0.4 is 10.0 Å². The number of hydrogen-bond donors (Lipinski definition) is 2. The van der Waals surface area contributed by atoms with E-state index in [1.54, 1.807) is 5.38 Å². The second-order valence-corrected chi connectivity index (χ2v) is 9.85. The van der Waals surface area contributed by atoms with Gasteiger partial charge in [-0.25, -0.2) is 22.2 Å². The summed E-state index contributed by atoms with van der Waals surface area (Å²) in [6.07, 6.45) is 1.91. The van der Waals surface area contributed by atoms with Gasteiger partial charge in [-0.3, -0.25) is 4.72 Å². The fourth-order valence-corrected chi connectivity index (χ4v) is 5.48. The molecule has 6 nitrogen and oxygen atoms in total. The van der Waals surface area contributed by atoms with Gasteiger partial charge in [0.15, 0.2) is 5.13 Å². The van der Waals surface area contributed by atoms with Gasteiger partial charge in [0, 0.05) is 23.7 Å². The summed E-state index contributed by atoms with van der Waals surface area (Å²) >= 11 is 7.32. The predicted molar refractivity (Wildman–Crippen MR) is 108 cm³/mol. The molecule has 1 aromatic heterocycles. The predicted octanol–water partition coefficient (Wildman–Crippen LogP) is 3.97. The first-order chi connectivity index (χ1) is 13.2. The molecule has 154 valence electrons. The number of likely N-dealkylation sites (N-methyl/N-ethyl adjacent to an activating group) is 1. The highest BCUT2D eigenvalue weighted by Crippen LogP contribution is 2.33. The van der Waals surface area contributed by atoms with E-state index in [4.69, 9.17) is 11.6 Å². The fraction of sp³-hybridized carbons (Fsp3) is 0.471. The third-order valence-electron chi connectivity index (χ3n) is 4.72. The number of nitrogens with one attached hydrogen (secondary N) is 2. The summed E-state index contributed by atoms with van der Waals surface area (Å²) in [6.45, 7) is 0. The topological polar surface area (TPSA) is 74.3 Å². The summed E-state index contributed by atoms with van der Waals surface area (Å²) < 4.78 is 55.5. The Morgan fingerprint density at radius 2 is 2.07 bits per heavy atom. The van der Waals surface area contributed by atoms with Crippen molar-refractivity contribution in [2.24, 2.45) is 0 Å². The number of hydrogen-bond acceptors (Lipinski definition) is 6. The Balaban J connectivity index is 1.84. The lowest BCUT2D eigenvalue weighted by atomic mass is 9.88. The monoisotopic (exact) mass is 450 g/mol. The van der Waals surface area contributed by atoms with Crippen LogP contribution in [0.25, 0.3) is 0 Å². The lowest BCUT2D eigenvalue weighted by Crippen LogP contribution is -2.48. The van der Waals surface area contributed by atoms with Gasteiger partial charge >= 0.3 is 0 Å². The van der Waals surface area contributed by atoms with E-state index in [2.05, 4.69) is 15.0 Å². The normalized spacial score (nSPS) is 23.0. The maximum absolute atomic E-state index is 14.6. The first-order valence-corrected chi connectivity index (χ1v) is 11.4. The molecule has 1 heterocycles. The minimum absolute atomic E-state index is 0.0702. The molecule has 0 aliphatic heterocycles. The molecule has 0 spiro atoms. The molecule has 3 rings (SSSR count). The molecule has 0 bridgehead atoms. The Morgan fingerprint density at radius 1 is 1.32 bits per heavy atom. The number of rotatable bonds is 6. The minimum atomic E-state index is -4.16. The molecule has 1 aromatic carbocycles. The zero-order chi connectivity index (χ0) is 20.5. The van der Waals surface area contributed by atoms with E-state index >= 15 is 0 Å². The van der Waals surface area contributed by atoms with Gasteiger partial charge in [0.1, 0.15) is 16.9 Å². The van der Waals surface area contributed by atoms with Crippen molar-refractivity contribution in [1.82, 2.24) is 9.88 Å². The summed E-state index contributed by atoms with van der Waals surface area (Å²) in [6, 6.07) is 1.92. The zero-order valence-electron chi connectivity index (χ0n) is 15.3. The van der Waals surface area contributed by atoms with Crippen molar-refractivity contribution in [3.05, 3.63) is 34.5 Å². The highest BCUT2D eigenvalue weighted by Gasteiger charge is 2.32. The van der Waals surface area contributed by atoms with Crippen LogP contribution in [0.4, 0.5) is 19.6 Å². The van der Waals surface area contributed by atoms with Gasteiger partial charge in [0.25, 0.3) is 10.0 Å². The van der Waals surface area contributed by atoms with E-state index in [-0.39, 0.29) is 27.9 Å². The van der Waals surface area contributed by atoms with Gasteiger partial charge in [0.05, 0.1) is 10.7 Å². The van der Waals surface area contributed by atoms with Gasteiger partial charge in [0.2, 0.25) is 0 Å². The van der Waals surface area contributed by atoms with E-state index in [1.807, 2.05) is 19.0 Å². The van der Waals surface area contributed by atoms with E-state index < -0.39 is 26.9 Å². The Hall–Kier alpha value is -1.49. The summed E-state index contributed by atoms with van der Waals surface area (Å²) in [7, 11) is -0.444. The van der Waals surface area contributed by atoms with E-state index in [0.29, 0.717) is 19.3 Å². The number of alkyl halides is 1. The molecular weight excluding hydrogens is 430 g/mol. The van der Waals surface area contributed by atoms with Crippen molar-refractivity contribution >= 4 is 43.8 Å². The van der Waals surface area contributed by atoms with Crippen molar-refractivity contribution in [3.63, 3.8) is 0 Å². The Kier molecular flexibility index (Phi) is 6.43. The molecule has 2 aromatic rings. The number of halogens is 3. The SMILES string of the molecule is CN(C)[C@H]1C[C@@H](F)CC[C@@H]1Nc1cc(F)c(S(=O)(=O)Nc2nccs2)cc1Cl. The first-order valence-electron chi connectivity index (χ1n) is 8.66. The minimum Gasteiger partial charge on any atom is -0.379 e. The van der Waals surface area contributed by atoms with Crippen LogP contribution in [0.2, 0.25) is 5.02 Å². The molecule has 1 saturated carbocycles. The summed E-state index contributed by atoms with van der Waals surface area (Å²) in [5.74, 6) is -0.934. The third-order valence-corrected chi connectivity index (χ3v) is 7.21. The van der Waals surface area contributed by atoms with Crippen molar-refractivity contribution in [2.45, 2.75) is 42.4 Å². The molecule has 1 aliphatic carbocycles. The van der Waals surface area contributed by atoms with Crippen LogP contribution in [0.15, 0.2) is 28.6 Å². The molecule has 2 N–H and O–H groups in total. The summed E-state index contributed by atoms with van der Waals surface area (Å²) in [5, 5.41) is 4.96. The molecule has 28 heavy (non-hydrogen) atoms. The smallest absolute Gasteiger partial charge is 0.266 e. The van der Waals surface area contributed by atoms with Crippen LogP contribution in [0.5, 0.6) is 0 Å². The number of aromatic nitrogens is 1. The standard InChI is InChI=1S/C17H21ClF2N4O2S2/c1-24(2)15-7-10(19)3-4-13(15)22-14-9-12(20)16(8-11(14)18)28(25,26)23-17-21-5-6-27-17/h5-6,8-10,13,15,22H,3-4,7H2,1-2H3,(H,21,23)/t10-,13-,15-/m0/s1. The average molecular weight is 451 g/mol. The van der Waals surface area contributed by atoms with Crippen molar-refractivity contribution in [3.8, 4) is 0 Å². The highest BCUT2D eigenvalue weighted by atomic mass is 35.5. The lowest BCUT2D eigenvalue weighted by Gasteiger charge is -2.38. The number of benzene rings is 1. The van der Waals surface area contributed by atoms with Crippen molar-refractivity contribution in [2.75, 3.05) is 24.1 Å². The molecule has 0 amide bonds. The Labute approximate surface area is 172 Å². The van der Waals surface area contributed by atoms with Gasteiger partial charge in [-0.05, 0) is 45.5 Å². The van der Waals surface area contributed by atoms with E-state index in [0.717, 1.165) is 23.5 Å². The van der Waals surface area contributed by atoms with Crippen LogP contribution in [0, 0.1) is 5.82 Å². The quantitative estimate of drug-likeness (QED) is 0.696. The van der Waals surface area contributed by atoms with Crippen LogP contribution >= 0.6 is 22.9 Å². The molecular formula is C17H21ClF2N4O2S2. The molecule has 0 saturated heterocycles. The maximum Gasteiger partial charge on any atom is 0.266 e. The van der Waals surface area contributed by atoms with Gasteiger partial charge in [-0.2, -0.15) is 0 Å².